The van der Waals surface area contributed by atoms with E-state index in [1.165, 1.54) is 30.0 Å². The van der Waals surface area contributed by atoms with Gasteiger partial charge in [-0.1, -0.05) is 61.0 Å². The van der Waals surface area contributed by atoms with Crippen molar-refractivity contribution in [2.24, 2.45) is 0 Å². The summed E-state index contributed by atoms with van der Waals surface area (Å²) in [4.78, 5) is 50.8. The molecule has 1 atom stereocenters. The summed E-state index contributed by atoms with van der Waals surface area (Å²) in [5.74, 6) is -1.16. The Morgan fingerprint density at radius 3 is 2.32 bits per heavy atom. The number of non-ortho nitro benzene ring substituents is 1. The number of hydrogen-bond acceptors (Lipinski definition) is 6. The average Bonchev–Trinajstić information content (AvgIpc) is 3.01. The number of benzene rings is 4. The fraction of sp³-hybridized carbons (Fsp3) is 0.147. The van der Waals surface area contributed by atoms with E-state index >= 15 is 0 Å². The first-order chi connectivity index (χ1) is 21.1. The largest absolute Gasteiger partial charge is 0.325 e. The molecule has 0 fully saturated rings. The van der Waals surface area contributed by atoms with Crippen LogP contribution in [0.4, 0.5) is 17.1 Å². The molecule has 0 bridgehead atoms. The lowest BCUT2D eigenvalue weighted by Crippen LogP contribution is -2.30. The number of nitro groups is 1. The third kappa shape index (κ3) is 8.65. The zero-order valence-corrected chi connectivity index (χ0v) is 25.3. The molecule has 9 nitrogen and oxygen atoms in total. The number of rotatable bonds is 11. The van der Waals surface area contributed by atoms with Gasteiger partial charge in [-0.15, -0.1) is 11.8 Å². The first kappa shape index (κ1) is 31.7. The third-order valence-corrected chi connectivity index (χ3v) is 7.95. The van der Waals surface area contributed by atoms with Crippen molar-refractivity contribution < 1.29 is 19.3 Å². The number of anilines is 2. The lowest BCUT2D eigenvalue weighted by molar-refractivity contribution is -0.384. The van der Waals surface area contributed by atoms with Crippen molar-refractivity contribution >= 4 is 52.6 Å². The van der Waals surface area contributed by atoms with E-state index in [0.29, 0.717) is 28.9 Å². The number of aryl methyl sites for hydroxylation is 2. The van der Waals surface area contributed by atoms with Crippen LogP contribution in [0.5, 0.6) is 0 Å². The van der Waals surface area contributed by atoms with Gasteiger partial charge in [-0.25, -0.2) is 0 Å². The Morgan fingerprint density at radius 2 is 1.64 bits per heavy atom. The number of nitrogens with zero attached hydrogens (tertiary/aromatic N) is 1. The normalized spacial score (nSPS) is 11.8. The Bertz CT molecular complexity index is 1720. The maximum atomic E-state index is 13.5. The Hall–Kier alpha value is -5.22. The zero-order chi connectivity index (χ0) is 31.6. The lowest BCUT2D eigenvalue weighted by atomic mass is 10.1. The lowest BCUT2D eigenvalue weighted by Gasteiger charge is -2.17. The number of carbonyl (C=O) groups is 3. The molecule has 44 heavy (non-hydrogen) atoms. The van der Waals surface area contributed by atoms with Gasteiger partial charge in [0.2, 0.25) is 5.91 Å². The number of thioether (sulfide) groups is 1. The topological polar surface area (TPSA) is 130 Å². The molecule has 224 valence electrons. The first-order valence-corrected chi connectivity index (χ1v) is 14.8. The summed E-state index contributed by atoms with van der Waals surface area (Å²) in [7, 11) is 0. The van der Waals surface area contributed by atoms with Gasteiger partial charge in [-0.2, -0.15) is 0 Å². The molecule has 0 aromatic heterocycles. The van der Waals surface area contributed by atoms with Crippen LogP contribution in [0, 0.1) is 24.0 Å². The van der Waals surface area contributed by atoms with Crippen LogP contribution < -0.4 is 16.0 Å². The monoisotopic (exact) mass is 608 g/mol. The van der Waals surface area contributed by atoms with Gasteiger partial charge < -0.3 is 16.0 Å². The van der Waals surface area contributed by atoms with Crippen LogP contribution in [0.25, 0.3) is 6.08 Å². The highest BCUT2D eigenvalue weighted by atomic mass is 32.2. The molecular weight excluding hydrogens is 576 g/mol. The molecule has 0 aliphatic rings. The molecule has 0 aliphatic heterocycles. The van der Waals surface area contributed by atoms with E-state index in [1.54, 1.807) is 61.5 Å². The van der Waals surface area contributed by atoms with Crippen molar-refractivity contribution in [1.29, 1.82) is 0 Å². The van der Waals surface area contributed by atoms with Crippen LogP contribution in [0.15, 0.2) is 108 Å². The molecule has 0 heterocycles. The van der Waals surface area contributed by atoms with Gasteiger partial charge in [0.15, 0.2) is 0 Å². The minimum atomic E-state index is -0.503. The number of nitrogens with one attached hydrogen (secondary N) is 3. The van der Waals surface area contributed by atoms with Crippen molar-refractivity contribution in [3.8, 4) is 0 Å². The Kier molecular flexibility index (Phi) is 10.7. The maximum Gasteiger partial charge on any atom is 0.272 e. The third-order valence-electron chi connectivity index (χ3n) is 6.59. The summed E-state index contributed by atoms with van der Waals surface area (Å²) in [6.45, 7) is 5.54. The van der Waals surface area contributed by atoms with Crippen LogP contribution in [0.3, 0.4) is 0 Å². The van der Waals surface area contributed by atoms with Gasteiger partial charge in [-0.05, 0) is 73.9 Å². The zero-order valence-electron chi connectivity index (χ0n) is 24.5. The first-order valence-electron chi connectivity index (χ1n) is 13.9. The van der Waals surface area contributed by atoms with Gasteiger partial charge in [0.1, 0.15) is 5.70 Å². The molecule has 0 spiro atoms. The second kappa shape index (κ2) is 14.8. The minimum absolute atomic E-state index is 0.0442. The standard InChI is InChI=1S/C34H32N4O5S/c1-4-31(34(41)36-29-17-16-27(38(42)43)19-23(29)3)44-28-15-9-14-26(21-28)35-33(40)30(20-24-11-8-10-22(2)18-24)37-32(39)25-12-6-5-7-13-25/h5-21,31H,4H2,1-3H3,(H,35,40)(H,36,41)(H,37,39)/b30-20+. The quantitative estimate of drug-likeness (QED) is 0.0719. The number of hydrogen-bond donors (Lipinski definition) is 3. The van der Waals surface area contributed by atoms with Crippen LogP contribution in [0.2, 0.25) is 0 Å². The Labute approximate surface area is 259 Å². The highest BCUT2D eigenvalue weighted by Gasteiger charge is 2.20. The summed E-state index contributed by atoms with van der Waals surface area (Å²) in [6.07, 6.45) is 2.15. The van der Waals surface area contributed by atoms with E-state index in [-0.39, 0.29) is 17.3 Å². The summed E-state index contributed by atoms with van der Waals surface area (Å²) in [6, 6.07) is 27.6. The average molecular weight is 609 g/mol. The number of nitro benzene ring substituents is 1. The number of amides is 3. The second-order valence-electron chi connectivity index (χ2n) is 10.0. The van der Waals surface area contributed by atoms with E-state index in [0.717, 1.165) is 16.0 Å². The molecule has 3 N–H and O–H groups in total. The number of carbonyl (C=O) groups excluding carboxylic acids is 3. The molecule has 1 unspecified atom stereocenters. The minimum Gasteiger partial charge on any atom is -0.325 e. The van der Waals surface area contributed by atoms with Gasteiger partial charge in [0.05, 0.1) is 10.2 Å². The molecule has 4 aromatic rings. The van der Waals surface area contributed by atoms with Crippen LogP contribution in [-0.2, 0) is 9.59 Å². The van der Waals surface area contributed by atoms with Crippen LogP contribution in [-0.4, -0.2) is 27.9 Å². The predicted octanol–water partition coefficient (Wildman–Crippen LogP) is 7.13. The molecule has 10 heteroatoms. The van der Waals surface area contributed by atoms with Crippen molar-refractivity contribution in [1.82, 2.24) is 5.32 Å². The van der Waals surface area contributed by atoms with Crippen molar-refractivity contribution in [3.63, 3.8) is 0 Å². The van der Waals surface area contributed by atoms with Crippen molar-refractivity contribution in [2.45, 2.75) is 37.3 Å². The molecule has 0 radical (unpaired) electrons. The smallest absolute Gasteiger partial charge is 0.272 e. The van der Waals surface area contributed by atoms with Gasteiger partial charge in [-0.3, -0.25) is 24.5 Å². The summed E-state index contributed by atoms with van der Waals surface area (Å²) in [5.41, 5.74) is 3.80. The summed E-state index contributed by atoms with van der Waals surface area (Å²) in [5, 5.41) is 19.1. The van der Waals surface area contributed by atoms with Crippen molar-refractivity contribution in [3.05, 3.63) is 135 Å². The second-order valence-corrected chi connectivity index (χ2v) is 11.3. The maximum absolute atomic E-state index is 13.5. The van der Waals surface area contributed by atoms with E-state index in [1.807, 2.05) is 44.2 Å². The molecule has 0 aliphatic carbocycles. The summed E-state index contributed by atoms with van der Waals surface area (Å²) >= 11 is 1.34. The van der Waals surface area contributed by atoms with Gasteiger partial charge >= 0.3 is 0 Å². The molecule has 4 rings (SSSR count). The highest BCUT2D eigenvalue weighted by Crippen LogP contribution is 2.30. The summed E-state index contributed by atoms with van der Waals surface area (Å²) < 4.78 is 0. The Morgan fingerprint density at radius 1 is 0.886 bits per heavy atom. The van der Waals surface area contributed by atoms with Crippen molar-refractivity contribution in [2.75, 3.05) is 10.6 Å². The van der Waals surface area contributed by atoms with Crippen LogP contribution >= 0.6 is 11.8 Å². The van der Waals surface area contributed by atoms with E-state index in [2.05, 4.69) is 16.0 Å². The van der Waals surface area contributed by atoms with Crippen LogP contribution in [0.1, 0.15) is 40.4 Å². The van der Waals surface area contributed by atoms with E-state index in [9.17, 15) is 24.5 Å². The van der Waals surface area contributed by atoms with Gasteiger partial charge in [0, 0.05) is 34.0 Å². The van der Waals surface area contributed by atoms with Gasteiger partial charge in [0.25, 0.3) is 17.5 Å². The Balaban J connectivity index is 1.49. The SMILES string of the molecule is CCC(Sc1cccc(NC(=O)/C(=C\c2cccc(C)c2)NC(=O)c2ccccc2)c1)C(=O)Nc1ccc([N+](=O)[O-])cc1C. The van der Waals surface area contributed by atoms with E-state index < -0.39 is 22.0 Å². The molecule has 0 saturated carbocycles. The molecule has 0 saturated heterocycles. The predicted molar refractivity (Wildman–Crippen MR) is 175 cm³/mol. The molecule has 3 amide bonds. The molecular formula is C34H32N4O5S. The highest BCUT2D eigenvalue weighted by molar-refractivity contribution is 8.00. The fourth-order valence-electron chi connectivity index (χ4n) is 4.32. The van der Waals surface area contributed by atoms with E-state index in [4.69, 9.17) is 0 Å². The molecule has 4 aromatic carbocycles. The fourth-order valence-corrected chi connectivity index (χ4v) is 5.33.